The predicted molar refractivity (Wildman–Crippen MR) is 64.0 cm³/mol. The lowest BCUT2D eigenvalue weighted by Gasteiger charge is -2.10. The van der Waals surface area contributed by atoms with Gasteiger partial charge in [0.15, 0.2) is 0 Å². The van der Waals surface area contributed by atoms with Crippen LogP contribution in [-0.4, -0.2) is 16.3 Å². The average molecular weight is 245 g/mol. The molecule has 0 aliphatic heterocycles. The van der Waals surface area contributed by atoms with Crippen molar-refractivity contribution >= 4 is 29.3 Å². The van der Waals surface area contributed by atoms with Crippen LogP contribution in [0.25, 0.3) is 0 Å². The highest BCUT2D eigenvalue weighted by Crippen LogP contribution is 2.30. The van der Waals surface area contributed by atoms with Crippen LogP contribution in [0.5, 0.6) is 0 Å². The molecular weight excluding hydrogens is 232 g/mol. The van der Waals surface area contributed by atoms with E-state index >= 15 is 0 Å². The van der Waals surface area contributed by atoms with Gasteiger partial charge in [0.2, 0.25) is 0 Å². The Hall–Kier alpha value is -0.670. The lowest BCUT2D eigenvalue weighted by atomic mass is 10.2. The first kappa shape index (κ1) is 12.4. The molecule has 0 spiro atoms. The second kappa shape index (κ2) is 5.42. The first-order valence-electron chi connectivity index (χ1n) is 4.74. The summed E-state index contributed by atoms with van der Waals surface area (Å²) in [7, 11) is 0. The topological polar surface area (TPSA) is 37.3 Å². The van der Waals surface area contributed by atoms with E-state index in [2.05, 4.69) is 13.8 Å². The van der Waals surface area contributed by atoms with Crippen molar-refractivity contribution in [2.24, 2.45) is 0 Å². The first-order chi connectivity index (χ1) is 7.04. The van der Waals surface area contributed by atoms with Crippen LogP contribution in [0.4, 0.5) is 0 Å². The fourth-order valence-electron chi connectivity index (χ4n) is 1.07. The fourth-order valence-corrected chi connectivity index (χ4v) is 2.38. The van der Waals surface area contributed by atoms with Crippen molar-refractivity contribution in [3.63, 3.8) is 0 Å². The fraction of sp³-hybridized carbons (Fsp3) is 0.364. The second-order valence-corrected chi connectivity index (χ2v) is 5.20. The molecule has 0 aromatic heterocycles. The Morgan fingerprint density at radius 1 is 1.60 bits per heavy atom. The number of thioether (sulfide) groups is 1. The number of halogens is 1. The SMILES string of the molecule is CCC(C)Sc1cc(Cl)ccc1C(=O)O. The molecule has 82 valence electrons. The summed E-state index contributed by atoms with van der Waals surface area (Å²) in [5.41, 5.74) is 0.324. The molecule has 0 bridgehead atoms. The molecule has 0 heterocycles. The van der Waals surface area contributed by atoms with E-state index in [4.69, 9.17) is 16.7 Å². The van der Waals surface area contributed by atoms with Crippen LogP contribution >= 0.6 is 23.4 Å². The maximum atomic E-state index is 10.9. The van der Waals surface area contributed by atoms with Gasteiger partial charge in [0, 0.05) is 15.2 Å². The molecule has 0 radical (unpaired) electrons. The molecule has 0 fully saturated rings. The third-order valence-electron chi connectivity index (χ3n) is 2.08. The smallest absolute Gasteiger partial charge is 0.336 e. The Balaban J connectivity index is 3.02. The number of rotatable bonds is 4. The summed E-state index contributed by atoms with van der Waals surface area (Å²) in [4.78, 5) is 11.7. The van der Waals surface area contributed by atoms with Gasteiger partial charge in [0.1, 0.15) is 0 Å². The highest BCUT2D eigenvalue weighted by molar-refractivity contribution is 8.00. The number of hydrogen-bond donors (Lipinski definition) is 1. The van der Waals surface area contributed by atoms with Gasteiger partial charge in [0.05, 0.1) is 5.56 Å². The van der Waals surface area contributed by atoms with Crippen molar-refractivity contribution in [3.8, 4) is 0 Å². The number of hydrogen-bond acceptors (Lipinski definition) is 2. The molecule has 1 N–H and O–H groups in total. The second-order valence-electron chi connectivity index (χ2n) is 3.28. The van der Waals surface area contributed by atoms with Crippen LogP contribution in [0.2, 0.25) is 5.02 Å². The molecule has 0 saturated heterocycles. The zero-order valence-corrected chi connectivity index (χ0v) is 10.2. The largest absolute Gasteiger partial charge is 0.478 e. The minimum Gasteiger partial charge on any atom is -0.478 e. The molecule has 1 aromatic carbocycles. The van der Waals surface area contributed by atoms with Crippen molar-refractivity contribution in [1.29, 1.82) is 0 Å². The zero-order chi connectivity index (χ0) is 11.4. The van der Waals surface area contributed by atoms with Crippen molar-refractivity contribution in [3.05, 3.63) is 28.8 Å². The Bertz CT molecular complexity index is 366. The van der Waals surface area contributed by atoms with Gasteiger partial charge in [-0.25, -0.2) is 4.79 Å². The highest BCUT2D eigenvalue weighted by atomic mass is 35.5. The number of benzene rings is 1. The Labute approximate surface area is 98.6 Å². The minimum atomic E-state index is -0.905. The van der Waals surface area contributed by atoms with Crippen LogP contribution in [0.3, 0.4) is 0 Å². The molecule has 2 nitrogen and oxygen atoms in total. The summed E-state index contributed by atoms with van der Waals surface area (Å²) in [5, 5.41) is 9.95. The summed E-state index contributed by atoms with van der Waals surface area (Å²) in [6.07, 6.45) is 0.996. The quantitative estimate of drug-likeness (QED) is 0.816. The van der Waals surface area contributed by atoms with Crippen LogP contribution in [0.15, 0.2) is 23.1 Å². The zero-order valence-electron chi connectivity index (χ0n) is 8.66. The van der Waals surface area contributed by atoms with E-state index in [1.165, 1.54) is 0 Å². The van der Waals surface area contributed by atoms with Gasteiger partial charge in [-0.3, -0.25) is 0 Å². The summed E-state index contributed by atoms with van der Waals surface area (Å²) in [6, 6.07) is 4.86. The summed E-state index contributed by atoms with van der Waals surface area (Å²) in [5.74, 6) is -0.905. The lowest BCUT2D eigenvalue weighted by molar-refractivity contribution is 0.0693. The summed E-state index contributed by atoms with van der Waals surface area (Å²) in [6.45, 7) is 4.14. The van der Waals surface area contributed by atoms with Crippen LogP contribution in [0, 0.1) is 0 Å². The number of carboxylic acids is 1. The van der Waals surface area contributed by atoms with Crippen molar-refractivity contribution in [2.75, 3.05) is 0 Å². The van der Waals surface area contributed by atoms with Crippen LogP contribution in [0.1, 0.15) is 30.6 Å². The molecule has 1 rings (SSSR count). The first-order valence-corrected chi connectivity index (χ1v) is 5.99. The third-order valence-corrected chi connectivity index (χ3v) is 3.64. The molecular formula is C11H13ClO2S. The van der Waals surface area contributed by atoms with Crippen molar-refractivity contribution in [2.45, 2.75) is 30.4 Å². The van der Waals surface area contributed by atoms with E-state index in [9.17, 15) is 4.79 Å². The monoisotopic (exact) mass is 244 g/mol. The van der Waals surface area contributed by atoms with E-state index in [-0.39, 0.29) is 0 Å². The van der Waals surface area contributed by atoms with E-state index in [1.807, 2.05) is 0 Å². The third kappa shape index (κ3) is 3.43. The molecule has 15 heavy (non-hydrogen) atoms. The average Bonchev–Trinajstić information content (AvgIpc) is 2.17. The van der Waals surface area contributed by atoms with E-state index in [0.29, 0.717) is 15.8 Å². The maximum absolute atomic E-state index is 10.9. The highest BCUT2D eigenvalue weighted by Gasteiger charge is 2.12. The Morgan fingerprint density at radius 3 is 2.80 bits per heavy atom. The number of carboxylic acid groups (broad SMARTS) is 1. The molecule has 0 saturated carbocycles. The maximum Gasteiger partial charge on any atom is 0.336 e. The van der Waals surface area contributed by atoms with Crippen molar-refractivity contribution in [1.82, 2.24) is 0 Å². The molecule has 0 aliphatic rings. The molecule has 4 heteroatoms. The van der Waals surface area contributed by atoms with Gasteiger partial charge in [-0.05, 0) is 24.6 Å². The van der Waals surface area contributed by atoms with Crippen LogP contribution < -0.4 is 0 Å². The Morgan fingerprint density at radius 2 is 2.27 bits per heavy atom. The molecule has 0 aliphatic carbocycles. The van der Waals surface area contributed by atoms with Crippen LogP contribution in [-0.2, 0) is 0 Å². The van der Waals surface area contributed by atoms with Gasteiger partial charge in [-0.1, -0.05) is 25.4 Å². The lowest BCUT2D eigenvalue weighted by Crippen LogP contribution is -2.01. The van der Waals surface area contributed by atoms with Gasteiger partial charge in [0.25, 0.3) is 0 Å². The van der Waals surface area contributed by atoms with Gasteiger partial charge in [-0.2, -0.15) is 0 Å². The van der Waals surface area contributed by atoms with E-state index in [0.717, 1.165) is 11.3 Å². The predicted octanol–water partition coefficient (Wildman–Crippen LogP) is 3.93. The number of aromatic carboxylic acids is 1. The number of carbonyl (C=O) groups is 1. The van der Waals surface area contributed by atoms with Gasteiger partial charge < -0.3 is 5.11 Å². The normalized spacial score (nSPS) is 12.5. The summed E-state index contributed by atoms with van der Waals surface area (Å²) >= 11 is 7.39. The van der Waals surface area contributed by atoms with E-state index in [1.54, 1.807) is 30.0 Å². The van der Waals surface area contributed by atoms with Gasteiger partial charge >= 0.3 is 5.97 Å². The van der Waals surface area contributed by atoms with Crippen molar-refractivity contribution < 1.29 is 9.90 Å². The molecule has 0 amide bonds. The Kier molecular flexibility index (Phi) is 4.48. The molecule has 1 unspecified atom stereocenters. The van der Waals surface area contributed by atoms with Gasteiger partial charge in [-0.15, -0.1) is 11.8 Å². The minimum absolute atomic E-state index is 0.324. The summed E-state index contributed by atoms with van der Waals surface area (Å²) < 4.78 is 0. The molecule has 1 aromatic rings. The van der Waals surface area contributed by atoms with E-state index < -0.39 is 5.97 Å². The standard InChI is InChI=1S/C11H13ClO2S/c1-3-7(2)15-10-6-8(12)4-5-9(10)11(13)14/h4-7H,3H2,1-2H3,(H,13,14). The molecule has 1 atom stereocenters.